The van der Waals surface area contributed by atoms with Gasteiger partial charge in [0.25, 0.3) is 0 Å². The molecule has 1 N–H and O–H groups in total. The number of para-hydroxylation sites is 1. The Hall–Kier alpha value is -3.34. The molecular weight excluding hydrogens is 328 g/mol. The normalized spacial score (nSPS) is 14.5. The minimum absolute atomic E-state index is 0.123. The first kappa shape index (κ1) is 16.1. The predicted octanol–water partition coefficient (Wildman–Crippen LogP) is 4.21. The van der Waals surface area contributed by atoms with Crippen molar-refractivity contribution in [2.24, 2.45) is 0 Å². The number of carbonyl (C=O) groups excluding carboxylic acids is 2. The molecule has 1 fully saturated rings. The zero-order valence-electron chi connectivity index (χ0n) is 14.1. The van der Waals surface area contributed by atoms with Crippen molar-refractivity contribution in [2.45, 2.75) is 12.8 Å². The van der Waals surface area contributed by atoms with Crippen LogP contribution in [-0.4, -0.2) is 18.4 Å². The second kappa shape index (κ2) is 6.88. The van der Waals surface area contributed by atoms with Gasteiger partial charge >= 0.3 is 0 Å². The molecule has 1 aliphatic heterocycles. The van der Waals surface area contributed by atoms with Gasteiger partial charge in [-0.05, 0) is 42.8 Å². The van der Waals surface area contributed by atoms with Crippen molar-refractivity contribution in [3.8, 4) is 0 Å². The number of hydrogen-bond donors (Lipinski definition) is 1. The lowest BCUT2D eigenvalue weighted by Gasteiger charge is -2.16. The fourth-order valence-corrected chi connectivity index (χ4v) is 3.10. The standard InChI is InChI=1S/C21H18N2O3/c24-20(11-10-18-13-15-5-1-2-8-19(15)26-18)22-16-6-3-7-17(14-16)23-12-4-9-21(23)25/h1-3,5-8,10-11,13-14H,4,9,12H2,(H,22,24)/b11-10+. The van der Waals surface area contributed by atoms with Gasteiger partial charge in [-0.2, -0.15) is 0 Å². The lowest BCUT2D eigenvalue weighted by Crippen LogP contribution is -2.23. The number of nitrogens with zero attached hydrogens (tertiary/aromatic N) is 1. The maximum absolute atomic E-state index is 12.2. The highest BCUT2D eigenvalue weighted by atomic mass is 16.3. The zero-order valence-corrected chi connectivity index (χ0v) is 14.1. The van der Waals surface area contributed by atoms with Gasteiger partial charge in [-0.3, -0.25) is 9.59 Å². The molecule has 1 aliphatic rings. The van der Waals surface area contributed by atoms with Gasteiger partial charge in [-0.1, -0.05) is 24.3 Å². The Labute approximate surface area is 150 Å². The summed E-state index contributed by atoms with van der Waals surface area (Å²) in [4.78, 5) is 25.8. The summed E-state index contributed by atoms with van der Waals surface area (Å²) in [5.41, 5.74) is 2.25. The highest BCUT2D eigenvalue weighted by molar-refractivity contribution is 6.03. The van der Waals surface area contributed by atoms with E-state index in [1.165, 1.54) is 6.08 Å². The molecule has 1 saturated heterocycles. The number of hydrogen-bond acceptors (Lipinski definition) is 3. The van der Waals surface area contributed by atoms with Crippen molar-refractivity contribution in [3.63, 3.8) is 0 Å². The average molecular weight is 346 g/mol. The van der Waals surface area contributed by atoms with Crippen LogP contribution in [0.2, 0.25) is 0 Å². The molecule has 2 amide bonds. The summed E-state index contributed by atoms with van der Waals surface area (Å²) in [5.74, 6) is 0.492. The molecule has 26 heavy (non-hydrogen) atoms. The van der Waals surface area contributed by atoms with E-state index >= 15 is 0 Å². The number of benzene rings is 2. The van der Waals surface area contributed by atoms with Crippen molar-refractivity contribution in [1.82, 2.24) is 0 Å². The number of rotatable bonds is 4. The SMILES string of the molecule is O=C(/C=C/c1cc2ccccc2o1)Nc1cccc(N2CCCC2=O)c1. The highest BCUT2D eigenvalue weighted by Gasteiger charge is 2.21. The van der Waals surface area contributed by atoms with Crippen LogP contribution in [0, 0.1) is 0 Å². The Bertz CT molecular complexity index is 970. The quantitative estimate of drug-likeness (QED) is 0.720. The van der Waals surface area contributed by atoms with Gasteiger partial charge in [0.2, 0.25) is 11.8 Å². The van der Waals surface area contributed by atoms with Crippen molar-refractivity contribution >= 4 is 40.2 Å². The number of fused-ring (bicyclic) bond motifs is 1. The van der Waals surface area contributed by atoms with Crippen LogP contribution >= 0.6 is 0 Å². The third-order valence-corrected chi connectivity index (χ3v) is 4.34. The largest absolute Gasteiger partial charge is 0.457 e. The average Bonchev–Trinajstić information content (AvgIpc) is 3.25. The molecule has 0 spiro atoms. The zero-order chi connectivity index (χ0) is 17.9. The molecule has 0 saturated carbocycles. The van der Waals surface area contributed by atoms with Crippen LogP contribution in [0.3, 0.4) is 0 Å². The fourth-order valence-electron chi connectivity index (χ4n) is 3.10. The van der Waals surface area contributed by atoms with Crippen LogP contribution in [0.15, 0.2) is 65.1 Å². The van der Waals surface area contributed by atoms with Gasteiger partial charge in [0.1, 0.15) is 11.3 Å². The van der Waals surface area contributed by atoms with Gasteiger partial charge in [0, 0.05) is 35.8 Å². The summed E-state index contributed by atoms with van der Waals surface area (Å²) in [6.45, 7) is 0.724. The topological polar surface area (TPSA) is 62.6 Å². The van der Waals surface area contributed by atoms with E-state index in [9.17, 15) is 9.59 Å². The van der Waals surface area contributed by atoms with Crippen LogP contribution in [0.4, 0.5) is 11.4 Å². The second-order valence-electron chi connectivity index (χ2n) is 6.21. The van der Waals surface area contributed by atoms with E-state index < -0.39 is 0 Å². The number of anilines is 2. The smallest absolute Gasteiger partial charge is 0.248 e. The maximum atomic E-state index is 12.2. The van der Waals surface area contributed by atoms with Crippen LogP contribution in [0.25, 0.3) is 17.0 Å². The van der Waals surface area contributed by atoms with Crippen molar-refractivity contribution in [3.05, 3.63) is 66.4 Å². The van der Waals surface area contributed by atoms with E-state index in [-0.39, 0.29) is 11.8 Å². The summed E-state index contributed by atoms with van der Waals surface area (Å²) in [7, 11) is 0. The van der Waals surface area contributed by atoms with E-state index in [0.29, 0.717) is 17.9 Å². The summed E-state index contributed by atoms with van der Waals surface area (Å²) in [6, 6.07) is 16.9. The first-order valence-corrected chi connectivity index (χ1v) is 8.57. The summed E-state index contributed by atoms with van der Waals surface area (Å²) in [5, 5.41) is 3.82. The fraction of sp³-hybridized carbons (Fsp3) is 0.143. The Kier molecular flexibility index (Phi) is 4.27. The van der Waals surface area contributed by atoms with Crippen molar-refractivity contribution in [2.75, 3.05) is 16.8 Å². The van der Waals surface area contributed by atoms with Crippen molar-refractivity contribution < 1.29 is 14.0 Å². The highest BCUT2D eigenvalue weighted by Crippen LogP contribution is 2.24. The van der Waals surface area contributed by atoms with Gasteiger partial charge < -0.3 is 14.6 Å². The lowest BCUT2D eigenvalue weighted by atomic mass is 10.2. The van der Waals surface area contributed by atoms with E-state index in [4.69, 9.17) is 4.42 Å². The molecule has 5 nitrogen and oxygen atoms in total. The van der Waals surface area contributed by atoms with Gasteiger partial charge in [0.15, 0.2) is 0 Å². The van der Waals surface area contributed by atoms with Crippen LogP contribution in [0.5, 0.6) is 0 Å². The van der Waals surface area contributed by atoms with Crippen LogP contribution in [-0.2, 0) is 9.59 Å². The van der Waals surface area contributed by atoms with E-state index in [1.54, 1.807) is 17.0 Å². The molecule has 0 aliphatic carbocycles. The Morgan fingerprint density at radius 2 is 2.00 bits per heavy atom. The molecule has 0 atom stereocenters. The van der Waals surface area contributed by atoms with Gasteiger partial charge in [0.05, 0.1) is 0 Å². The third kappa shape index (κ3) is 3.37. The Morgan fingerprint density at radius 1 is 1.12 bits per heavy atom. The molecule has 1 aromatic heterocycles. The Balaban J connectivity index is 1.45. The Morgan fingerprint density at radius 3 is 2.81 bits per heavy atom. The summed E-state index contributed by atoms with van der Waals surface area (Å²) < 4.78 is 5.66. The first-order valence-electron chi connectivity index (χ1n) is 8.57. The molecule has 0 unspecified atom stereocenters. The third-order valence-electron chi connectivity index (χ3n) is 4.34. The molecule has 4 rings (SSSR count). The molecular formula is C21H18N2O3. The second-order valence-corrected chi connectivity index (χ2v) is 6.21. The summed E-state index contributed by atoms with van der Waals surface area (Å²) in [6.07, 6.45) is 4.53. The predicted molar refractivity (Wildman–Crippen MR) is 102 cm³/mol. The molecule has 130 valence electrons. The van der Waals surface area contributed by atoms with E-state index in [1.807, 2.05) is 48.5 Å². The number of carbonyl (C=O) groups is 2. The molecule has 5 heteroatoms. The molecule has 2 heterocycles. The van der Waals surface area contributed by atoms with Crippen molar-refractivity contribution in [1.29, 1.82) is 0 Å². The summed E-state index contributed by atoms with van der Waals surface area (Å²) >= 11 is 0. The molecule has 0 radical (unpaired) electrons. The molecule has 0 bridgehead atoms. The monoisotopic (exact) mass is 346 g/mol. The number of furan rings is 1. The van der Waals surface area contributed by atoms with Crippen LogP contribution in [0.1, 0.15) is 18.6 Å². The van der Waals surface area contributed by atoms with Gasteiger partial charge in [-0.25, -0.2) is 0 Å². The first-order chi connectivity index (χ1) is 12.7. The number of amides is 2. The van der Waals surface area contributed by atoms with E-state index in [0.717, 1.165) is 29.6 Å². The van der Waals surface area contributed by atoms with Crippen LogP contribution < -0.4 is 10.2 Å². The number of nitrogens with one attached hydrogen (secondary N) is 1. The van der Waals surface area contributed by atoms with E-state index in [2.05, 4.69) is 5.32 Å². The maximum Gasteiger partial charge on any atom is 0.248 e. The minimum Gasteiger partial charge on any atom is -0.457 e. The molecule has 2 aromatic carbocycles. The van der Waals surface area contributed by atoms with Gasteiger partial charge in [-0.15, -0.1) is 0 Å². The molecule has 3 aromatic rings. The minimum atomic E-state index is -0.254. The lowest BCUT2D eigenvalue weighted by molar-refractivity contribution is -0.117.